The predicted octanol–water partition coefficient (Wildman–Crippen LogP) is 2.64. The number of Topliss-reactive ketones (excluding diaryl/α,β-unsaturated/α-hetero) is 1. The van der Waals surface area contributed by atoms with Crippen molar-refractivity contribution in [3.63, 3.8) is 0 Å². The zero-order valence-electron chi connectivity index (χ0n) is 18.9. The van der Waals surface area contributed by atoms with Gasteiger partial charge >= 0.3 is 19.2 Å². The first-order valence-electron chi connectivity index (χ1n) is 10.6. The fourth-order valence-corrected chi connectivity index (χ4v) is 2.91. The number of esters is 1. The largest absolute Gasteiger partial charge is 0.461 e. The lowest BCUT2D eigenvalue weighted by molar-refractivity contribution is -0.167. The second-order valence-corrected chi connectivity index (χ2v) is 7.95. The molecule has 1 amide bonds. The van der Waals surface area contributed by atoms with Crippen LogP contribution in [0.15, 0.2) is 30.3 Å². The lowest BCUT2D eigenvalue weighted by Gasteiger charge is -2.23. The van der Waals surface area contributed by atoms with Gasteiger partial charge in [-0.1, -0.05) is 44.2 Å². The smallest absolute Gasteiger partial charge is 0.345 e. The Morgan fingerprint density at radius 2 is 1.56 bits per heavy atom. The van der Waals surface area contributed by atoms with Gasteiger partial charge in [0.2, 0.25) is 5.91 Å². The van der Waals surface area contributed by atoms with Gasteiger partial charge in [0.1, 0.15) is 12.6 Å². The number of carbonyl (C=O) groups excluding carboxylic acids is 3. The van der Waals surface area contributed by atoms with E-state index in [2.05, 4.69) is 14.8 Å². The number of rotatable bonds is 16. The van der Waals surface area contributed by atoms with Gasteiger partial charge in [-0.25, -0.2) is 0 Å². The Balaban J connectivity index is 2.89. The van der Waals surface area contributed by atoms with E-state index in [0.717, 1.165) is 0 Å². The topological polar surface area (TPSA) is 117 Å². The first-order valence-corrected chi connectivity index (χ1v) is 10.6. The molecule has 0 aliphatic heterocycles. The van der Waals surface area contributed by atoms with E-state index < -0.39 is 68.5 Å². The molecule has 0 aliphatic rings. The predicted molar refractivity (Wildman–Crippen MR) is 113 cm³/mol. The van der Waals surface area contributed by atoms with Crippen molar-refractivity contribution < 1.29 is 46.2 Å². The van der Waals surface area contributed by atoms with Crippen LogP contribution in [0, 0.1) is 11.8 Å². The fraction of sp³-hybridized carbons (Fsp3) is 0.591. The van der Waals surface area contributed by atoms with Crippen LogP contribution in [0.1, 0.15) is 32.3 Å². The average molecular weight is 494 g/mol. The molecule has 3 N–H and O–H groups in total. The molecule has 0 heterocycles. The number of hydrogen-bond acceptors (Lipinski definition) is 7. The van der Waals surface area contributed by atoms with Gasteiger partial charge in [-0.3, -0.25) is 14.4 Å². The number of amides is 1. The molecule has 1 aromatic rings. The minimum atomic E-state index is -3.23. The number of ether oxygens (including phenoxy) is 3. The molecule has 0 saturated carbocycles. The Bertz CT molecular complexity index is 767. The summed E-state index contributed by atoms with van der Waals surface area (Å²) in [6, 6.07) is 5.86. The van der Waals surface area contributed by atoms with Crippen LogP contribution >= 0.6 is 0 Å². The highest BCUT2D eigenvalue weighted by atomic mass is 19.3. The summed E-state index contributed by atoms with van der Waals surface area (Å²) in [7, 11) is 0. The Morgan fingerprint density at radius 3 is 2.12 bits per heavy atom. The SMILES string of the molecule is CC(C)C[C@H](N)C(=O)N[C@@H](COC(F)F)C(=O)C[C@@H](COC(F)F)C(=O)OCc1ccccc1. The molecule has 192 valence electrons. The van der Waals surface area contributed by atoms with Crippen molar-refractivity contribution in [1.29, 1.82) is 0 Å². The van der Waals surface area contributed by atoms with E-state index in [4.69, 9.17) is 10.5 Å². The lowest BCUT2D eigenvalue weighted by Crippen LogP contribution is -2.51. The lowest BCUT2D eigenvalue weighted by atomic mass is 9.98. The minimum absolute atomic E-state index is 0.0440. The number of carbonyl (C=O) groups is 3. The number of alkyl halides is 4. The first kappa shape index (κ1) is 29.5. The van der Waals surface area contributed by atoms with Gasteiger partial charge < -0.3 is 25.3 Å². The summed E-state index contributed by atoms with van der Waals surface area (Å²) in [5.74, 6) is -4.13. The Hall–Kier alpha value is -2.57. The van der Waals surface area contributed by atoms with Crippen LogP contribution in [0.25, 0.3) is 0 Å². The molecule has 3 atom stereocenters. The minimum Gasteiger partial charge on any atom is -0.461 e. The number of halogens is 4. The van der Waals surface area contributed by atoms with E-state index in [1.165, 1.54) is 0 Å². The molecule has 0 aromatic heterocycles. The van der Waals surface area contributed by atoms with E-state index in [1.54, 1.807) is 30.3 Å². The van der Waals surface area contributed by atoms with Gasteiger partial charge in [0, 0.05) is 6.42 Å². The fourth-order valence-electron chi connectivity index (χ4n) is 2.91. The normalized spacial score (nSPS) is 14.2. The second-order valence-electron chi connectivity index (χ2n) is 7.95. The molecular formula is C22H30F4N2O6. The summed E-state index contributed by atoms with van der Waals surface area (Å²) < 4.78 is 63.6. The molecule has 8 nitrogen and oxygen atoms in total. The molecule has 0 saturated heterocycles. The molecule has 0 bridgehead atoms. The second kappa shape index (κ2) is 15.4. The molecular weight excluding hydrogens is 464 g/mol. The van der Waals surface area contributed by atoms with Crippen LogP contribution in [0.2, 0.25) is 0 Å². The van der Waals surface area contributed by atoms with E-state index in [9.17, 15) is 31.9 Å². The van der Waals surface area contributed by atoms with Crippen molar-refractivity contribution >= 4 is 17.7 Å². The molecule has 0 spiro atoms. The Morgan fingerprint density at radius 1 is 0.971 bits per heavy atom. The van der Waals surface area contributed by atoms with Crippen molar-refractivity contribution in [3.05, 3.63) is 35.9 Å². The number of hydrogen-bond donors (Lipinski definition) is 2. The first-order chi connectivity index (χ1) is 16.0. The van der Waals surface area contributed by atoms with Crippen LogP contribution in [0.4, 0.5) is 17.6 Å². The summed E-state index contributed by atoms with van der Waals surface area (Å²) in [4.78, 5) is 37.5. The van der Waals surface area contributed by atoms with Gasteiger partial charge in [0.15, 0.2) is 5.78 Å². The van der Waals surface area contributed by atoms with Crippen LogP contribution in [-0.4, -0.2) is 56.2 Å². The Labute approximate surface area is 195 Å². The van der Waals surface area contributed by atoms with E-state index in [-0.39, 0.29) is 18.9 Å². The maximum atomic E-state index is 12.7. The van der Waals surface area contributed by atoms with Crippen molar-refractivity contribution in [3.8, 4) is 0 Å². The zero-order valence-corrected chi connectivity index (χ0v) is 18.9. The maximum absolute atomic E-state index is 12.7. The van der Waals surface area contributed by atoms with E-state index >= 15 is 0 Å². The van der Waals surface area contributed by atoms with Crippen molar-refractivity contribution in [2.24, 2.45) is 17.6 Å². The van der Waals surface area contributed by atoms with Gasteiger partial charge in [-0.2, -0.15) is 17.6 Å². The molecule has 12 heteroatoms. The third-order valence-corrected chi connectivity index (χ3v) is 4.58. The van der Waals surface area contributed by atoms with Gasteiger partial charge in [0.25, 0.3) is 0 Å². The summed E-state index contributed by atoms with van der Waals surface area (Å²) in [6.45, 7) is -4.78. The highest BCUT2D eigenvalue weighted by molar-refractivity contribution is 5.92. The number of nitrogens with two attached hydrogens (primary N) is 1. The van der Waals surface area contributed by atoms with Crippen molar-refractivity contribution in [2.45, 2.75) is 58.6 Å². The summed E-state index contributed by atoms with van der Waals surface area (Å²) in [5.41, 5.74) is 6.37. The summed E-state index contributed by atoms with van der Waals surface area (Å²) in [6.07, 6.45) is -0.462. The molecule has 0 unspecified atom stereocenters. The molecule has 1 rings (SSSR count). The number of ketones is 1. The van der Waals surface area contributed by atoms with Gasteiger partial charge in [0.05, 0.1) is 25.2 Å². The molecule has 0 radical (unpaired) electrons. The van der Waals surface area contributed by atoms with Crippen LogP contribution in [0.3, 0.4) is 0 Å². The molecule has 34 heavy (non-hydrogen) atoms. The van der Waals surface area contributed by atoms with E-state index in [0.29, 0.717) is 5.56 Å². The van der Waals surface area contributed by atoms with Gasteiger partial charge in [-0.05, 0) is 17.9 Å². The van der Waals surface area contributed by atoms with Crippen molar-refractivity contribution in [1.82, 2.24) is 5.32 Å². The Kier molecular flexibility index (Phi) is 13.3. The maximum Gasteiger partial charge on any atom is 0.345 e. The monoisotopic (exact) mass is 494 g/mol. The number of nitrogens with one attached hydrogen (secondary N) is 1. The molecule has 1 aromatic carbocycles. The van der Waals surface area contributed by atoms with Crippen LogP contribution in [-0.2, 0) is 35.2 Å². The summed E-state index contributed by atoms with van der Waals surface area (Å²) >= 11 is 0. The molecule has 0 aliphatic carbocycles. The van der Waals surface area contributed by atoms with Gasteiger partial charge in [-0.15, -0.1) is 0 Å². The summed E-state index contributed by atoms with van der Waals surface area (Å²) in [5, 5.41) is 2.23. The van der Waals surface area contributed by atoms with Crippen molar-refractivity contribution in [2.75, 3.05) is 13.2 Å². The third-order valence-electron chi connectivity index (χ3n) is 4.58. The zero-order chi connectivity index (χ0) is 25.7. The average Bonchev–Trinajstić information content (AvgIpc) is 2.77. The quantitative estimate of drug-likeness (QED) is 0.268. The van der Waals surface area contributed by atoms with Crippen LogP contribution < -0.4 is 11.1 Å². The highest BCUT2D eigenvalue weighted by Gasteiger charge is 2.31. The standard InChI is InChI=1S/C22H30F4N2O6/c1-13(2)8-16(27)19(30)28-17(12-34-22(25)26)18(29)9-15(11-33-21(23)24)20(31)32-10-14-6-4-3-5-7-14/h3-7,13,15-17,21-22H,8-12,27H2,1-2H3,(H,28,30)/t15-,16-,17-/m0/s1. The number of benzene rings is 1. The van der Waals surface area contributed by atoms with E-state index in [1.807, 2.05) is 13.8 Å². The highest BCUT2D eigenvalue weighted by Crippen LogP contribution is 2.14. The third kappa shape index (κ3) is 12.1. The molecule has 0 fully saturated rings. The van der Waals surface area contributed by atoms with Crippen LogP contribution in [0.5, 0.6) is 0 Å².